The van der Waals surface area contributed by atoms with Crippen molar-refractivity contribution in [2.75, 3.05) is 38.1 Å². The molecule has 2 aliphatic heterocycles. The van der Waals surface area contributed by atoms with Gasteiger partial charge in [0.1, 0.15) is 12.4 Å². The molecule has 2 heterocycles. The average molecular weight is 510 g/mol. The predicted octanol–water partition coefficient (Wildman–Crippen LogP) is 4.15. The van der Waals surface area contributed by atoms with E-state index in [-0.39, 0.29) is 23.2 Å². The number of sulfonamides is 1. The van der Waals surface area contributed by atoms with Crippen LogP contribution in [0.2, 0.25) is 5.02 Å². The van der Waals surface area contributed by atoms with Crippen molar-refractivity contribution in [3.8, 4) is 0 Å². The van der Waals surface area contributed by atoms with Crippen LogP contribution in [0.5, 0.6) is 0 Å². The van der Waals surface area contributed by atoms with Crippen LogP contribution >= 0.6 is 11.6 Å². The van der Waals surface area contributed by atoms with E-state index in [2.05, 4.69) is 4.90 Å². The molecule has 1 atom stereocenters. The molecule has 1 amide bonds. The third-order valence-electron chi connectivity index (χ3n) is 6.66. The zero-order valence-corrected chi connectivity index (χ0v) is 20.9. The first-order valence-corrected chi connectivity index (χ1v) is 13.1. The normalized spacial score (nSPS) is 19.5. The van der Waals surface area contributed by atoms with Crippen LogP contribution in [0.25, 0.3) is 0 Å². The fourth-order valence-electron chi connectivity index (χ4n) is 4.59. The van der Waals surface area contributed by atoms with Crippen LogP contribution in [0.15, 0.2) is 47.4 Å². The van der Waals surface area contributed by atoms with Crippen molar-refractivity contribution in [3.63, 3.8) is 0 Å². The number of nitrogens with zero attached hydrogens (tertiary/aromatic N) is 3. The van der Waals surface area contributed by atoms with Gasteiger partial charge in [0.05, 0.1) is 16.6 Å². The second-order valence-electron chi connectivity index (χ2n) is 8.94. The Bertz CT molecular complexity index is 1140. The van der Waals surface area contributed by atoms with Crippen LogP contribution in [0, 0.1) is 5.82 Å². The summed E-state index contributed by atoms with van der Waals surface area (Å²) in [6, 6.07) is 9.40. The zero-order chi connectivity index (χ0) is 24.5. The summed E-state index contributed by atoms with van der Waals surface area (Å²) in [7, 11) is -0.291. The molecule has 0 saturated carbocycles. The van der Waals surface area contributed by atoms with Gasteiger partial charge in [-0.15, -0.1) is 0 Å². The first kappa shape index (κ1) is 24.8. The largest absolute Gasteiger partial charge is 0.447 e. The molecule has 2 aliphatic rings. The van der Waals surface area contributed by atoms with Gasteiger partial charge in [0, 0.05) is 18.1 Å². The van der Waals surface area contributed by atoms with Crippen molar-refractivity contribution < 1.29 is 22.3 Å². The molecule has 1 fully saturated rings. The molecule has 34 heavy (non-hydrogen) atoms. The molecule has 0 aromatic heterocycles. The first-order chi connectivity index (χ1) is 16.2. The highest BCUT2D eigenvalue weighted by Gasteiger charge is 2.37. The number of benzene rings is 2. The van der Waals surface area contributed by atoms with Gasteiger partial charge in [-0.1, -0.05) is 17.7 Å². The number of likely N-dealkylation sites (tertiary alicyclic amines) is 1. The zero-order valence-electron chi connectivity index (χ0n) is 19.3. The number of carbonyl (C=O) groups is 1. The third-order valence-corrected chi connectivity index (χ3v) is 8.79. The molecule has 2 aromatic carbocycles. The lowest BCUT2D eigenvalue weighted by atomic mass is 9.98. The highest BCUT2D eigenvalue weighted by Crippen LogP contribution is 2.36. The monoisotopic (exact) mass is 509 g/mol. The van der Waals surface area contributed by atoms with Crippen LogP contribution in [-0.4, -0.2) is 70.2 Å². The van der Waals surface area contributed by atoms with Gasteiger partial charge < -0.3 is 14.5 Å². The van der Waals surface area contributed by atoms with E-state index in [1.54, 1.807) is 18.0 Å². The van der Waals surface area contributed by atoms with E-state index < -0.39 is 28.0 Å². The smallest absolute Gasteiger partial charge is 0.409 e. The molecule has 0 N–H and O–H groups in total. The Morgan fingerprint density at radius 1 is 1.15 bits per heavy atom. The Labute approximate surface area is 205 Å². The van der Waals surface area contributed by atoms with E-state index >= 15 is 0 Å². The van der Waals surface area contributed by atoms with E-state index in [1.807, 2.05) is 7.05 Å². The Morgan fingerprint density at radius 3 is 2.50 bits per heavy atom. The number of rotatable bonds is 5. The lowest BCUT2D eigenvalue weighted by Gasteiger charge is -2.38. The summed E-state index contributed by atoms with van der Waals surface area (Å²) in [4.78, 5) is 16.6. The Balaban J connectivity index is 1.57. The fourth-order valence-corrected chi connectivity index (χ4v) is 6.41. The number of carbonyl (C=O) groups excluding carboxylic acids is 1. The third kappa shape index (κ3) is 5.16. The van der Waals surface area contributed by atoms with Gasteiger partial charge in [0.25, 0.3) is 10.0 Å². The Kier molecular flexibility index (Phi) is 7.35. The molecular weight excluding hydrogens is 481 g/mol. The Hall–Kier alpha value is -2.36. The molecule has 2 aromatic rings. The summed E-state index contributed by atoms with van der Waals surface area (Å²) in [5, 5.41) is 0.409. The van der Waals surface area contributed by atoms with Crippen LogP contribution < -0.4 is 4.31 Å². The summed E-state index contributed by atoms with van der Waals surface area (Å²) in [5.74, 6) is -0.533. The minimum Gasteiger partial charge on any atom is -0.447 e. The van der Waals surface area contributed by atoms with Crippen molar-refractivity contribution >= 4 is 33.4 Å². The van der Waals surface area contributed by atoms with Crippen LogP contribution in [0.3, 0.4) is 0 Å². The summed E-state index contributed by atoms with van der Waals surface area (Å²) >= 11 is 5.94. The number of fused-ring (bicyclic) bond motifs is 1. The summed E-state index contributed by atoms with van der Waals surface area (Å²) in [5.41, 5.74) is 0.996. The van der Waals surface area contributed by atoms with Gasteiger partial charge >= 0.3 is 6.09 Å². The number of hydrogen-bond acceptors (Lipinski definition) is 5. The summed E-state index contributed by atoms with van der Waals surface area (Å²) in [6.45, 7) is 1.68. The number of piperidine rings is 1. The Morgan fingerprint density at radius 2 is 1.82 bits per heavy atom. The van der Waals surface area contributed by atoms with Crippen molar-refractivity contribution in [2.24, 2.45) is 0 Å². The van der Waals surface area contributed by atoms with Gasteiger partial charge in [0.2, 0.25) is 0 Å². The molecule has 0 spiro atoms. The number of halogens is 2. The minimum atomic E-state index is -4.06. The number of hydrogen-bond donors (Lipinski definition) is 0. The van der Waals surface area contributed by atoms with Gasteiger partial charge in [-0.05, 0) is 87.8 Å². The summed E-state index contributed by atoms with van der Waals surface area (Å²) < 4.78 is 48.2. The first-order valence-electron chi connectivity index (χ1n) is 11.3. The molecule has 0 aliphatic carbocycles. The lowest BCUT2D eigenvalue weighted by Crippen LogP contribution is -2.48. The van der Waals surface area contributed by atoms with Gasteiger partial charge in [-0.2, -0.15) is 0 Å². The highest BCUT2D eigenvalue weighted by molar-refractivity contribution is 7.92. The molecule has 10 heteroatoms. The SMILES string of the molecule is CN1CCC(N(C)C(=O)OCC2CCc3ccc(F)cc3N2S(=O)(=O)c2ccc(Cl)cc2)CC1. The maximum atomic E-state index is 14.2. The van der Waals surface area contributed by atoms with Gasteiger partial charge in [0.15, 0.2) is 0 Å². The van der Waals surface area contributed by atoms with E-state index in [4.69, 9.17) is 16.3 Å². The topological polar surface area (TPSA) is 70.2 Å². The van der Waals surface area contributed by atoms with E-state index in [1.165, 1.54) is 40.7 Å². The molecular formula is C24H29ClFN3O4S. The molecule has 184 valence electrons. The maximum Gasteiger partial charge on any atom is 0.409 e. The van der Waals surface area contributed by atoms with Crippen molar-refractivity contribution in [1.82, 2.24) is 9.80 Å². The minimum absolute atomic E-state index is 0.0359. The quantitative estimate of drug-likeness (QED) is 0.605. The van der Waals surface area contributed by atoms with Crippen molar-refractivity contribution in [1.29, 1.82) is 0 Å². The maximum absolute atomic E-state index is 14.2. The molecule has 1 unspecified atom stereocenters. The van der Waals surface area contributed by atoms with Gasteiger partial charge in [-0.25, -0.2) is 17.6 Å². The lowest BCUT2D eigenvalue weighted by molar-refractivity contribution is 0.0762. The van der Waals surface area contributed by atoms with Crippen LogP contribution in [0.1, 0.15) is 24.8 Å². The summed E-state index contributed by atoms with van der Waals surface area (Å²) in [6.07, 6.45) is 2.22. The molecule has 0 radical (unpaired) electrons. The van der Waals surface area contributed by atoms with E-state index in [0.29, 0.717) is 17.9 Å². The number of anilines is 1. The van der Waals surface area contributed by atoms with Gasteiger partial charge in [-0.3, -0.25) is 4.31 Å². The number of ether oxygens (including phenoxy) is 1. The second-order valence-corrected chi connectivity index (χ2v) is 11.2. The molecule has 0 bridgehead atoms. The van der Waals surface area contributed by atoms with Crippen LogP contribution in [0.4, 0.5) is 14.9 Å². The predicted molar refractivity (Wildman–Crippen MR) is 129 cm³/mol. The van der Waals surface area contributed by atoms with E-state index in [9.17, 15) is 17.6 Å². The average Bonchev–Trinajstić information content (AvgIpc) is 2.82. The van der Waals surface area contributed by atoms with Crippen LogP contribution in [-0.2, 0) is 21.2 Å². The highest BCUT2D eigenvalue weighted by atomic mass is 35.5. The molecule has 7 nitrogen and oxygen atoms in total. The standard InChI is InChI=1S/C24H29ClFN3O4S/c1-27-13-11-20(12-14-27)28(2)24(30)33-16-21-8-4-17-3-7-19(26)15-23(17)29(21)34(31,32)22-9-5-18(25)6-10-22/h3,5-7,9-10,15,20-21H,4,8,11-14,16H2,1-2H3. The number of amides is 1. The van der Waals surface area contributed by atoms with E-state index in [0.717, 1.165) is 31.5 Å². The van der Waals surface area contributed by atoms with Crippen molar-refractivity contribution in [3.05, 3.63) is 58.9 Å². The van der Waals surface area contributed by atoms with Crippen molar-refractivity contribution in [2.45, 2.75) is 42.7 Å². The number of aryl methyl sites for hydroxylation is 1. The fraction of sp³-hybridized carbons (Fsp3) is 0.458. The second kappa shape index (κ2) is 10.1. The molecule has 4 rings (SSSR count). The molecule has 1 saturated heterocycles.